The van der Waals surface area contributed by atoms with Crippen molar-refractivity contribution in [2.45, 2.75) is 39.5 Å². The fraction of sp³-hybridized carbons (Fsp3) is 0.556. The lowest BCUT2D eigenvalue weighted by molar-refractivity contribution is 0.0115. The number of likely N-dealkylation sites (N-methyl/N-ethyl adjacent to an activating group) is 1. The van der Waals surface area contributed by atoms with Crippen molar-refractivity contribution in [3.05, 3.63) is 47.6 Å². The Morgan fingerprint density at radius 1 is 1.25 bits per heavy atom. The van der Waals surface area contributed by atoms with E-state index in [-0.39, 0.29) is 0 Å². The molecule has 1 aromatic carbocycles. The summed E-state index contributed by atoms with van der Waals surface area (Å²) in [5.74, 6) is 1.81. The quantitative estimate of drug-likeness (QED) is 0.719. The summed E-state index contributed by atoms with van der Waals surface area (Å²) in [4.78, 5) is 6.31. The fourth-order valence-corrected chi connectivity index (χ4v) is 2.40. The van der Waals surface area contributed by atoms with Crippen molar-refractivity contribution in [3.8, 4) is 0 Å². The van der Waals surface area contributed by atoms with Gasteiger partial charge < -0.3 is 14.4 Å². The van der Waals surface area contributed by atoms with E-state index < -0.39 is 6.10 Å². The van der Waals surface area contributed by atoms with Crippen molar-refractivity contribution < 1.29 is 14.4 Å². The van der Waals surface area contributed by atoms with Crippen molar-refractivity contribution in [1.29, 1.82) is 0 Å². The maximum absolute atomic E-state index is 10.1. The molecule has 0 amide bonds. The molecule has 2 aromatic rings. The number of aliphatic hydroxyl groups excluding tert-OH is 1. The van der Waals surface area contributed by atoms with Gasteiger partial charge in [-0.15, -0.1) is 0 Å². The monoisotopic (exact) mass is 333 g/mol. The standard InChI is InChI=1S/C18H27N3O3/c1-14(2)9-17-19-18(24-20-17)11-21(3)10-16(22)13-23-12-15-7-5-4-6-8-15/h4-8,14,16,22H,9-13H2,1-3H3/t16-/m1/s1. The van der Waals surface area contributed by atoms with E-state index in [1.54, 1.807) is 0 Å². The van der Waals surface area contributed by atoms with Gasteiger partial charge in [-0.25, -0.2) is 0 Å². The molecule has 0 bridgehead atoms. The largest absolute Gasteiger partial charge is 0.389 e. The van der Waals surface area contributed by atoms with Crippen LogP contribution in [0.1, 0.15) is 31.1 Å². The Hall–Kier alpha value is -1.76. The van der Waals surface area contributed by atoms with Crippen LogP contribution in [0.25, 0.3) is 0 Å². The van der Waals surface area contributed by atoms with Gasteiger partial charge in [0.15, 0.2) is 5.82 Å². The molecule has 0 unspecified atom stereocenters. The van der Waals surface area contributed by atoms with Gasteiger partial charge in [-0.05, 0) is 18.5 Å². The predicted molar refractivity (Wildman–Crippen MR) is 91.3 cm³/mol. The van der Waals surface area contributed by atoms with E-state index in [4.69, 9.17) is 9.26 Å². The molecule has 0 aliphatic carbocycles. The molecular formula is C18H27N3O3. The van der Waals surface area contributed by atoms with E-state index in [1.807, 2.05) is 42.3 Å². The highest BCUT2D eigenvalue weighted by atomic mass is 16.5. The van der Waals surface area contributed by atoms with Crippen LogP contribution >= 0.6 is 0 Å². The second kappa shape index (κ2) is 9.52. The van der Waals surface area contributed by atoms with Crippen LogP contribution < -0.4 is 0 Å². The maximum atomic E-state index is 10.1. The summed E-state index contributed by atoms with van der Waals surface area (Å²) in [7, 11) is 1.91. The molecule has 132 valence electrons. The molecule has 0 fully saturated rings. The first-order valence-corrected chi connectivity index (χ1v) is 8.32. The first-order valence-electron chi connectivity index (χ1n) is 8.32. The maximum Gasteiger partial charge on any atom is 0.240 e. The molecule has 0 spiro atoms. The number of benzene rings is 1. The zero-order valence-corrected chi connectivity index (χ0v) is 14.7. The zero-order valence-electron chi connectivity index (χ0n) is 14.7. The van der Waals surface area contributed by atoms with Crippen LogP contribution in [0.4, 0.5) is 0 Å². The normalized spacial score (nSPS) is 12.9. The van der Waals surface area contributed by atoms with E-state index in [0.717, 1.165) is 17.8 Å². The third-order valence-electron chi connectivity index (χ3n) is 3.45. The molecule has 2 rings (SSSR count). The Bertz CT molecular complexity index is 586. The lowest BCUT2D eigenvalue weighted by Gasteiger charge is -2.18. The molecule has 1 aromatic heterocycles. The third kappa shape index (κ3) is 6.78. The Labute approximate surface area is 143 Å². The fourth-order valence-electron chi connectivity index (χ4n) is 2.40. The van der Waals surface area contributed by atoms with E-state index in [0.29, 0.717) is 38.1 Å². The Morgan fingerprint density at radius 2 is 2.00 bits per heavy atom. The topological polar surface area (TPSA) is 71.6 Å². The minimum Gasteiger partial charge on any atom is -0.389 e. The lowest BCUT2D eigenvalue weighted by Crippen LogP contribution is -2.32. The van der Waals surface area contributed by atoms with Gasteiger partial charge in [-0.3, -0.25) is 4.90 Å². The molecule has 1 N–H and O–H groups in total. The average Bonchev–Trinajstić information content (AvgIpc) is 2.94. The van der Waals surface area contributed by atoms with E-state index in [9.17, 15) is 5.11 Å². The van der Waals surface area contributed by atoms with Crippen LogP contribution in [-0.2, 0) is 24.3 Å². The number of nitrogens with zero attached hydrogens (tertiary/aromatic N) is 3. The van der Waals surface area contributed by atoms with E-state index in [1.165, 1.54) is 0 Å². The van der Waals surface area contributed by atoms with Gasteiger partial charge in [-0.1, -0.05) is 49.3 Å². The second-order valence-corrected chi connectivity index (χ2v) is 6.55. The Kier molecular flexibility index (Phi) is 7.36. The van der Waals surface area contributed by atoms with Gasteiger partial charge in [0.25, 0.3) is 0 Å². The third-order valence-corrected chi connectivity index (χ3v) is 3.45. The van der Waals surface area contributed by atoms with Gasteiger partial charge in [0.2, 0.25) is 5.89 Å². The summed E-state index contributed by atoms with van der Waals surface area (Å²) in [6.07, 6.45) is 0.250. The summed E-state index contributed by atoms with van der Waals surface area (Å²) < 4.78 is 10.8. The van der Waals surface area contributed by atoms with Crippen molar-refractivity contribution in [2.24, 2.45) is 5.92 Å². The summed E-state index contributed by atoms with van der Waals surface area (Å²) in [6.45, 7) is 6.03. The molecule has 0 aliphatic heterocycles. The Morgan fingerprint density at radius 3 is 2.71 bits per heavy atom. The predicted octanol–water partition coefficient (Wildman–Crippen LogP) is 2.28. The number of hydrogen-bond donors (Lipinski definition) is 1. The molecule has 24 heavy (non-hydrogen) atoms. The van der Waals surface area contributed by atoms with E-state index >= 15 is 0 Å². The van der Waals surface area contributed by atoms with Crippen LogP contribution in [0.3, 0.4) is 0 Å². The summed E-state index contributed by atoms with van der Waals surface area (Å²) in [5, 5.41) is 14.0. The number of aromatic nitrogens is 2. The number of hydrogen-bond acceptors (Lipinski definition) is 6. The summed E-state index contributed by atoms with van der Waals surface area (Å²) in [6, 6.07) is 9.92. The second-order valence-electron chi connectivity index (χ2n) is 6.55. The minimum atomic E-state index is -0.559. The van der Waals surface area contributed by atoms with Crippen molar-refractivity contribution in [3.63, 3.8) is 0 Å². The van der Waals surface area contributed by atoms with Gasteiger partial charge >= 0.3 is 0 Å². The molecule has 0 saturated carbocycles. The van der Waals surface area contributed by atoms with Crippen molar-refractivity contribution in [1.82, 2.24) is 15.0 Å². The summed E-state index contributed by atoms with van der Waals surface area (Å²) >= 11 is 0. The van der Waals surface area contributed by atoms with E-state index in [2.05, 4.69) is 24.0 Å². The zero-order chi connectivity index (χ0) is 17.4. The number of aliphatic hydroxyl groups is 1. The van der Waals surface area contributed by atoms with Crippen molar-refractivity contribution >= 4 is 0 Å². The number of rotatable bonds is 10. The van der Waals surface area contributed by atoms with Crippen LogP contribution in [0.5, 0.6) is 0 Å². The lowest BCUT2D eigenvalue weighted by atomic mass is 10.1. The molecule has 0 aliphatic rings. The molecule has 6 heteroatoms. The molecular weight excluding hydrogens is 306 g/mol. The van der Waals surface area contributed by atoms with Crippen LogP contribution in [0.2, 0.25) is 0 Å². The first kappa shape index (κ1) is 18.6. The summed E-state index contributed by atoms with van der Waals surface area (Å²) in [5.41, 5.74) is 1.10. The molecule has 0 radical (unpaired) electrons. The highest BCUT2D eigenvalue weighted by molar-refractivity contribution is 5.13. The number of ether oxygens (including phenoxy) is 1. The highest BCUT2D eigenvalue weighted by Gasteiger charge is 2.13. The highest BCUT2D eigenvalue weighted by Crippen LogP contribution is 2.07. The molecule has 0 saturated heterocycles. The smallest absolute Gasteiger partial charge is 0.240 e. The molecule has 1 atom stereocenters. The average molecular weight is 333 g/mol. The van der Waals surface area contributed by atoms with Gasteiger partial charge in [0.1, 0.15) is 0 Å². The minimum absolute atomic E-state index is 0.293. The van der Waals surface area contributed by atoms with Crippen LogP contribution in [0.15, 0.2) is 34.9 Å². The first-order chi connectivity index (χ1) is 11.5. The van der Waals surface area contributed by atoms with Crippen molar-refractivity contribution in [2.75, 3.05) is 20.2 Å². The van der Waals surface area contributed by atoms with Crippen LogP contribution in [-0.4, -0.2) is 46.5 Å². The van der Waals surface area contributed by atoms with Gasteiger partial charge in [0, 0.05) is 13.0 Å². The van der Waals surface area contributed by atoms with Crippen LogP contribution in [0, 0.1) is 5.92 Å². The molecule has 1 heterocycles. The Balaban J connectivity index is 1.67. The van der Waals surface area contributed by atoms with Gasteiger partial charge in [-0.2, -0.15) is 4.98 Å². The molecule has 6 nitrogen and oxygen atoms in total. The SMILES string of the molecule is CC(C)Cc1noc(CN(C)C[C@@H](O)COCc2ccccc2)n1. The van der Waals surface area contributed by atoms with Gasteiger partial charge in [0.05, 0.1) is 25.9 Å².